The Morgan fingerprint density at radius 3 is 2.59 bits per heavy atom. The van der Waals surface area contributed by atoms with Crippen LogP contribution in [-0.4, -0.2) is 40.7 Å². The third kappa shape index (κ3) is 4.60. The summed E-state index contributed by atoms with van der Waals surface area (Å²) in [6.07, 6.45) is 0. The van der Waals surface area contributed by atoms with Gasteiger partial charge in [-0.15, -0.1) is 0 Å². The number of aryl methyl sites for hydroxylation is 1. The zero-order valence-corrected chi connectivity index (χ0v) is 16.4. The van der Waals surface area contributed by atoms with Crippen molar-refractivity contribution >= 4 is 11.9 Å². The van der Waals surface area contributed by atoms with Crippen LogP contribution in [0.1, 0.15) is 37.9 Å². The highest BCUT2D eigenvalue weighted by atomic mass is 16.5. The van der Waals surface area contributed by atoms with Gasteiger partial charge in [0.05, 0.1) is 20.2 Å². The molecule has 0 atom stereocenters. The maximum absolute atomic E-state index is 12.8. The molecule has 1 aromatic carbocycles. The van der Waals surface area contributed by atoms with E-state index in [4.69, 9.17) is 9.15 Å². The number of aromatic nitrogens is 2. The molecule has 29 heavy (non-hydrogen) atoms. The van der Waals surface area contributed by atoms with Gasteiger partial charge in [-0.05, 0) is 24.6 Å². The van der Waals surface area contributed by atoms with E-state index in [1.165, 1.54) is 28.8 Å². The Kier molecular flexibility index (Phi) is 5.92. The molecule has 0 saturated heterocycles. The minimum Gasteiger partial charge on any atom is -0.465 e. The summed E-state index contributed by atoms with van der Waals surface area (Å²) in [4.78, 5) is 38.0. The number of carbonyl (C=O) groups is 2. The highest BCUT2D eigenvalue weighted by molar-refractivity contribution is 5.92. The molecule has 150 valence electrons. The summed E-state index contributed by atoms with van der Waals surface area (Å²) in [5, 5.41) is 4.20. The number of hydrogen-bond acceptors (Lipinski definition) is 6. The smallest absolute Gasteiger partial charge is 0.341 e. The minimum atomic E-state index is -0.499. The van der Waals surface area contributed by atoms with Crippen LogP contribution in [0.25, 0.3) is 0 Å². The molecule has 8 nitrogen and oxygen atoms in total. The van der Waals surface area contributed by atoms with Gasteiger partial charge in [-0.1, -0.05) is 30.3 Å². The van der Waals surface area contributed by atoms with Crippen LogP contribution in [-0.2, 0) is 17.8 Å². The van der Waals surface area contributed by atoms with E-state index < -0.39 is 5.97 Å². The lowest BCUT2D eigenvalue weighted by Gasteiger charge is -2.15. The van der Waals surface area contributed by atoms with Gasteiger partial charge in [0, 0.05) is 13.1 Å². The molecule has 0 spiro atoms. The van der Waals surface area contributed by atoms with Gasteiger partial charge >= 0.3 is 5.97 Å². The Morgan fingerprint density at radius 1 is 1.17 bits per heavy atom. The van der Waals surface area contributed by atoms with Crippen LogP contribution in [0.5, 0.6) is 0 Å². The number of methoxy groups -OCH3 is 1. The number of hydrogen-bond donors (Lipinski definition) is 0. The van der Waals surface area contributed by atoms with Crippen LogP contribution >= 0.6 is 0 Å². The second kappa shape index (κ2) is 8.55. The second-order valence-corrected chi connectivity index (χ2v) is 6.54. The van der Waals surface area contributed by atoms with E-state index in [-0.39, 0.29) is 30.2 Å². The van der Waals surface area contributed by atoms with Crippen molar-refractivity contribution in [3.63, 3.8) is 0 Å². The van der Waals surface area contributed by atoms with Crippen molar-refractivity contribution < 1.29 is 18.7 Å². The van der Waals surface area contributed by atoms with Crippen molar-refractivity contribution in [2.45, 2.75) is 20.0 Å². The summed E-state index contributed by atoms with van der Waals surface area (Å²) in [7, 11) is 2.88. The van der Waals surface area contributed by atoms with Crippen molar-refractivity contribution in [1.29, 1.82) is 0 Å². The third-order valence-corrected chi connectivity index (χ3v) is 4.37. The normalized spacial score (nSPS) is 10.6. The molecule has 0 aliphatic heterocycles. The Labute approximate surface area is 167 Å². The number of rotatable bonds is 6. The van der Waals surface area contributed by atoms with E-state index >= 15 is 0 Å². The number of nitrogens with zero attached hydrogens (tertiary/aromatic N) is 3. The molecule has 2 heterocycles. The van der Waals surface area contributed by atoms with Gasteiger partial charge in [0.25, 0.3) is 11.5 Å². The minimum absolute atomic E-state index is 0.135. The highest BCUT2D eigenvalue weighted by Crippen LogP contribution is 2.17. The summed E-state index contributed by atoms with van der Waals surface area (Å²) in [5.74, 6) is -0.0137. The molecular weight excluding hydrogens is 374 g/mol. The molecule has 0 saturated carbocycles. The first-order chi connectivity index (χ1) is 13.9. The lowest BCUT2D eigenvalue weighted by atomic mass is 10.2. The van der Waals surface area contributed by atoms with Gasteiger partial charge in [-0.3, -0.25) is 9.59 Å². The van der Waals surface area contributed by atoms with E-state index in [1.54, 1.807) is 20.0 Å². The summed E-state index contributed by atoms with van der Waals surface area (Å²) in [5.41, 5.74) is 1.07. The Bertz CT molecular complexity index is 1090. The Morgan fingerprint density at radius 2 is 1.90 bits per heavy atom. The van der Waals surface area contributed by atoms with E-state index in [0.717, 1.165) is 5.56 Å². The van der Waals surface area contributed by atoms with Gasteiger partial charge in [0.2, 0.25) is 0 Å². The summed E-state index contributed by atoms with van der Waals surface area (Å²) in [6.45, 7) is 2.05. The fourth-order valence-electron chi connectivity index (χ4n) is 2.87. The maximum Gasteiger partial charge on any atom is 0.341 e. The molecule has 0 radical (unpaired) electrons. The van der Waals surface area contributed by atoms with Crippen molar-refractivity contribution in [1.82, 2.24) is 14.7 Å². The summed E-state index contributed by atoms with van der Waals surface area (Å²) >= 11 is 0. The maximum atomic E-state index is 12.8. The van der Waals surface area contributed by atoms with E-state index in [2.05, 4.69) is 5.10 Å². The molecule has 3 aromatic rings. The monoisotopic (exact) mass is 395 g/mol. The van der Waals surface area contributed by atoms with Gasteiger partial charge < -0.3 is 14.1 Å². The largest absolute Gasteiger partial charge is 0.465 e. The van der Waals surface area contributed by atoms with Crippen molar-refractivity contribution in [2.24, 2.45) is 0 Å². The lowest BCUT2D eigenvalue weighted by Crippen LogP contribution is -2.31. The molecule has 3 rings (SSSR count). The molecule has 0 fully saturated rings. The van der Waals surface area contributed by atoms with Crippen LogP contribution in [0.2, 0.25) is 0 Å². The summed E-state index contributed by atoms with van der Waals surface area (Å²) < 4.78 is 11.5. The number of ether oxygens (including phenoxy) is 1. The highest BCUT2D eigenvalue weighted by Gasteiger charge is 2.20. The fourth-order valence-corrected chi connectivity index (χ4v) is 2.87. The first kappa shape index (κ1) is 20.1. The predicted molar refractivity (Wildman–Crippen MR) is 105 cm³/mol. The van der Waals surface area contributed by atoms with Gasteiger partial charge in [-0.25, -0.2) is 9.48 Å². The van der Waals surface area contributed by atoms with Gasteiger partial charge in [-0.2, -0.15) is 5.10 Å². The number of benzene rings is 1. The van der Waals surface area contributed by atoms with Crippen LogP contribution in [0, 0.1) is 6.92 Å². The van der Waals surface area contributed by atoms with Crippen LogP contribution in [0.4, 0.5) is 0 Å². The lowest BCUT2D eigenvalue weighted by molar-refractivity contribution is 0.0598. The van der Waals surface area contributed by atoms with Gasteiger partial charge in [0.1, 0.15) is 22.8 Å². The quantitative estimate of drug-likeness (QED) is 0.594. The molecule has 0 bridgehead atoms. The molecule has 0 aliphatic carbocycles. The van der Waals surface area contributed by atoms with Crippen LogP contribution < -0.4 is 5.56 Å². The van der Waals surface area contributed by atoms with E-state index in [9.17, 15) is 14.4 Å². The Hall–Kier alpha value is -3.68. The first-order valence-electron chi connectivity index (χ1n) is 8.94. The number of carbonyl (C=O) groups excluding carboxylic acids is 2. The molecule has 0 unspecified atom stereocenters. The van der Waals surface area contributed by atoms with Crippen LogP contribution in [0.15, 0.2) is 57.7 Å². The van der Waals surface area contributed by atoms with Crippen LogP contribution in [0.3, 0.4) is 0 Å². The number of esters is 1. The third-order valence-electron chi connectivity index (χ3n) is 4.37. The zero-order valence-electron chi connectivity index (χ0n) is 16.4. The molecule has 8 heteroatoms. The van der Waals surface area contributed by atoms with Gasteiger partial charge in [0.15, 0.2) is 0 Å². The molecule has 1 amide bonds. The second-order valence-electron chi connectivity index (χ2n) is 6.54. The fraction of sp³-hybridized carbons (Fsp3) is 0.238. The first-order valence-corrected chi connectivity index (χ1v) is 8.94. The van der Waals surface area contributed by atoms with E-state index in [1.807, 2.05) is 30.3 Å². The summed E-state index contributed by atoms with van der Waals surface area (Å²) in [6, 6.07) is 13.7. The van der Waals surface area contributed by atoms with E-state index in [0.29, 0.717) is 17.1 Å². The average Bonchev–Trinajstić information content (AvgIpc) is 3.09. The molecular formula is C21H21N3O5. The molecule has 0 N–H and O–H groups in total. The average molecular weight is 395 g/mol. The van der Waals surface area contributed by atoms with Crippen molar-refractivity contribution in [2.75, 3.05) is 14.2 Å². The SMILES string of the molecule is COC(=O)c1cc(CN(C)C(=O)c2ccc(=O)n(Cc3ccccc3)n2)oc1C. The predicted octanol–water partition coefficient (Wildman–Crippen LogP) is 2.25. The van der Waals surface area contributed by atoms with Crippen molar-refractivity contribution in [3.05, 3.63) is 87.2 Å². The zero-order chi connectivity index (χ0) is 21.0. The number of furan rings is 1. The Balaban J connectivity index is 1.77. The standard InChI is InChI=1S/C21H21N3O5/c1-14-17(21(27)28-3)11-16(29-14)13-23(2)20(26)18-9-10-19(25)24(22-18)12-15-7-5-4-6-8-15/h4-11H,12-13H2,1-3H3. The molecule has 0 aliphatic rings. The van der Waals surface area contributed by atoms with Crippen molar-refractivity contribution in [3.8, 4) is 0 Å². The molecule has 2 aromatic heterocycles. The topological polar surface area (TPSA) is 94.6 Å². The number of amides is 1.